The van der Waals surface area contributed by atoms with E-state index in [1.165, 1.54) is 11.5 Å². The number of aromatic nitrogens is 1. The Labute approximate surface area is 146 Å². The van der Waals surface area contributed by atoms with Gasteiger partial charge in [0.1, 0.15) is 23.0 Å². The van der Waals surface area contributed by atoms with Crippen LogP contribution in [0, 0.1) is 34.2 Å². The molecular weight excluding hydrogens is 343 g/mol. The molecule has 130 valence electrons. The summed E-state index contributed by atoms with van der Waals surface area (Å²) >= 11 is 0. The van der Waals surface area contributed by atoms with Gasteiger partial charge in [-0.15, -0.1) is 0 Å². The molecule has 0 bridgehead atoms. The lowest BCUT2D eigenvalue weighted by Gasteiger charge is -2.06. The number of nitrogens with one attached hydrogen (secondary N) is 1. The number of carbonyl (C=O) groups excluding carboxylic acids is 1. The van der Waals surface area contributed by atoms with E-state index in [0.29, 0.717) is 6.07 Å². The van der Waals surface area contributed by atoms with Crippen LogP contribution in [0.1, 0.15) is 21.7 Å². The highest BCUT2D eigenvalue weighted by Crippen LogP contribution is 2.27. The molecule has 0 saturated heterocycles. The number of nitro benzene ring substituents is 1. The van der Waals surface area contributed by atoms with Gasteiger partial charge in [-0.1, -0.05) is 0 Å². The van der Waals surface area contributed by atoms with Gasteiger partial charge in [0.15, 0.2) is 5.82 Å². The summed E-state index contributed by atoms with van der Waals surface area (Å²) in [7, 11) is 0. The number of non-ortho nitro benzene ring substituents is 1. The molecule has 26 heavy (non-hydrogen) atoms. The number of furan rings is 1. The quantitative estimate of drug-likeness (QED) is 0.568. The number of rotatable bonds is 4. The predicted molar refractivity (Wildman–Crippen MR) is 88.5 cm³/mol. The molecule has 0 radical (unpaired) electrons. The minimum absolute atomic E-state index is 0.00137. The van der Waals surface area contributed by atoms with Gasteiger partial charge in [0.25, 0.3) is 11.6 Å². The summed E-state index contributed by atoms with van der Waals surface area (Å²) in [4.78, 5) is 22.4. The van der Waals surface area contributed by atoms with Crippen LogP contribution in [0.3, 0.4) is 0 Å². The number of carbonyl (C=O) groups is 1. The number of halogens is 1. The van der Waals surface area contributed by atoms with E-state index in [0.717, 1.165) is 12.1 Å². The monoisotopic (exact) mass is 354 g/mol. The first-order valence-electron chi connectivity index (χ1n) is 7.34. The van der Waals surface area contributed by atoms with Crippen LogP contribution < -0.4 is 5.32 Å². The highest BCUT2D eigenvalue weighted by molar-refractivity contribution is 6.07. The smallest absolute Gasteiger partial charge is 0.272 e. The van der Waals surface area contributed by atoms with Crippen molar-refractivity contribution in [2.45, 2.75) is 6.92 Å². The SMILES string of the molecule is Cc1oc(-n2cccc2)c(C#N)c1C(=O)Nc1ccc([N+](=O)[O-])cc1F. The summed E-state index contributed by atoms with van der Waals surface area (Å²) in [6.07, 6.45) is 3.30. The predicted octanol–water partition coefficient (Wildman–Crippen LogP) is 3.55. The fourth-order valence-electron chi connectivity index (χ4n) is 2.46. The Morgan fingerprint density at radius 1 is 1.38 bits per heavy atom. The first-order valence-corrected chi connectivity index (χ1v) is 7.34. The van der Waals surface area contributed by atoms with Crippen molar-refractivity contribution in [3.63, 3.8) is 0 Å². The van der Waals surface area contributed by atoms with Crippen LogP contribution >= 0.6 is 0 Å². The molecule has 0 aliphatic heterocycles. The summed E-state index contributed by atoms with van der Waals surface area (Å²) in [5, 5.41) is 22.4. The number of benzene rings is 1. The van der Waals surface area contributed by atoms with E-state index in [9.17, 15) is 24.6 Å². The second-order valence-corrected chi connectivity index (χ2v) is 5.29. The van der Waals surface area contributed by atoms with Gasteiger partial charge in [-0.05, 0) is 25.1 Å². The summed E-state index contributed by atoms with van der Waals surface area (Å²) < 4.78 is 21.0. The number of nitriles is 1. The van der Waals surface area contributed by atoms with E-state index in [4.69, 9.17) is 4.42 Å². The molecule has 0 spiro atoms. The third-order valence-electron chi connectivity index (χ3n) is 3.66. The van der Waals surface area contributed by atoms with Crippen molar-refractivity contribution >= 4 is 17.3 Å². The fourth-order valence-corrected chi connectivity index (χ4v) is 2.46. The highest BCUT2D eigenvalue weighted by Gasteiger charge is 2.25. The molecule has 0 unspecified atom stereocenters. The van der Waals surface area contributed by atoms with Gasteiger partial charge in [0.05, 0.1) is 16.7 Å². The summed E-state index contributed by atoms with van der Waals surface area (Å²) in [5.74, 6) is -1.36. The Balaban J connectivity index is 1.97. The second-order valence-electron chi connectivity index (χ2n) is 5.29. The zero-order valence-corrected chi connectivity index (χ0v) is 13.4. The number of amides is 1. The Morgan fingerprint density at radius 3 is 2.65 bits per heavy atom. The van der Waals surface area contributed by atoms with E-state index in [2.05, 4.69) is 5.32 Å². The Hall–Kier alpha value is -3.93. The second kappa shape index (κ2) is 6.52. The van der Waals surface area contributed by atoms with Crippen molar-refractivity contribution in [1.29, 1.82) is 5.26 Å². The van der Waals surface area contributed by atoms with Gasteiger partial charge >= 0.3 is 0 Å². The number of hydrogen-bond acceptors (Lipinski definition) is 5. The van der Waals surface area contributed by atoms with E-state index in [-0.39, 0.29) is 28.5 Å². The van der Waals surface area contributed by atoms with Crippen LogP contribution in [0.25, 0.3) is 5.88 Å². The zero-order chi connectivity index (χ0) is 18.8. The first-order chi connectivity index (χ1) is 12.4. The zero-order valence-electron chi connectivity index (χ0n) is 13.4. The number of anilines is 1. The molecule has 2 aromatic heterocycles. The lowest BCUT2D eigenvalue weighted by molar-refractivity contribution is -0.385. The van der Waals surface area contributed by atoms with Gasteiger partial charge in [-0.2, -0.15) is 5.26 Å². The van der Waals surface area contributed by atoms with Crippen LogP contribution in [0.4, 0.5) is 15.8 Å². The first kappa shape index (κ1) is 16.9. The average Bonchev–Trinajstić information content (AvgIpc) is 3.23. The summed E-state index contributed by atoms with van der Waals surface area (Å²) in [6.45, 7) is 1.51. The molecule has 8 nitrogen and oxygen atoms in total. The molecule has 0 aliphatic carbocycles. The van der Waals surface area contributed by atoms with Crippen molar-refractivity contribution in [3.8, 4) is 12.0 Å². The molecule has 0 saturated carbocycles. The number of nitro groups is 1. The van der Waals surface area contributed by atoms with Gasteiger partial charge in [0.2, 0.25) is 5.88 Å². The summed E-state index contributed by atoms with van der Waals surface area (Å²) in [6, 6.07) is 8.23. The average molecular weight is 354 g/mol. The van der Waals surface area contributed by atoms with Crippen molar-refractivity contribution < 1.29 is 18.5 Å². The number of hydrogen-bond donors (Lipinski definition) is 1. The maximum atomic E-state index is 14.0. The molecule has 1 N–H and O–H groups in total. The van der Waals surface area contributed by atoms with E-state index >= 15 is 0 Å². The molecule has 3 aromatic rings. The normalized spacial score (nSPS) is 10.3. The third kappa shape index (κ3) is 2.91. The summed E-state index contributed by atoms with van der Waals surface area (Å²) in [5.41, 5.74) is -0.715. The highest BCUT2D eigenvalue weighted by atomic mass is 19.1. The van der Waals surface area contributed by atoms with Crippen LogP contribution in [-0.2, 0) is 0 Å². The maximum absolute atomic E-state index is 14.0. The molecule has 1 aromatic carbocycles. The Kier molecular flexibility index (Phi) is 4.24. The fraction of sp³-hybridized carbons (Fsp3) is 0.0588. The van der Waals surface area contributed by atoms with Crippen LogP contribution in [0.15, 0.2) is 47.1 Å². The van der Waals surface area contributed by atoms with Gasteiger partial charge in [-0.3, -0.25) is 19.5 Å². The molecule has 0 atom stereocenters. The largest absolute Gasteiger partial charge is 0.443 e. The van der Waals surface area contributed by atoms with Crippen molar-refractivity contribution in [3.05, 3.63) is 75.5 Å². The van der Waals surface area contributed by atoms with Gasteiger partial charge in [-0.25, -0.2) is 4.39 Å². The molecular formula is C17H11FN4O4. The van der Waals surface area contributed by atoms with Crippen molar-refractivity contribution in [2.75, 3.05) is 5.32 Å². The molecule has 0 aliphatic rings. The van der Waals surface area contributed by atoms with E-state index < -0.39 is 22.3 Å². The maximum Gasteiger partial charge on any atom is 0.272 e. The molecule has 3 rings (SSSR count). The molecule has 9 heteroatoms. The van der Waals surface area contributed by atoms with Crippen LogP contribution in [0.2, 0.25) is 0 Å². The number of nitrogens with zero attached hydrogens (tertiary/aromatic N) is 3. The van der Waals surface area contributed by atoms with Gasteiger partial charge in [0, 0.05) is 18.5 Å². The molecule has 0 fully saturated rings. The lowest BCUT2D eigenvalue weighted by Crippen LogP contribution is -2.15. The minimum atomic E-state index is -0.960. The van der Waals surface area contributed by atoms with Crippen molar-refractivity contribution in [2.24, 2.45) is 0 Å². The minimum Gasteiger partial charge on any atom is -0.443 e. The van der Waals surface area contributed by atoms with Crippen molar-refractivity contribution in [1.82, 2.24) is 4.57 Å². The Bertz CT molecular complexity index is 1050. The van der Waals surface area contributed by atoms with Gasteiger partial charge < -0.3 is 9.73 Å². The van der Waals surface area contributed by atoms with E-state index in [1.807, 2.05) is 6.07 Å². The molecule has 1 amide bonds. The Morgan fingerprint density at radius 2 is 2.08 bits per heavy atom. The van der Waals surface area contributed by atoms with Crippen LogP contribution in [0.5, 0.6) is 0 Å². The van der Waals surface area contributed by atoms with E-state index in [1.54, 1.807) is 24.5 Å². The topological polar surface area (TPSA) is 114 Å². The lowest BCUT2D eigenvalue weighted by atomic mass is 10.1. The third-order valence-corrected chi connectivity index (χ3v) is 3.66. The standard InChI is InChI=1S/C17H11FN4O4/c1-10-15(12(9-19)17(26-10)21-6-2-3-7-21)16(23)20-14-5-4-11(22(24)25)8-13(14)18/h2-8H,1H3,(H,20,23). The molecule has 2 heterocycles. The number of aryl methyl sites for hydroxylation is 1. The van der Waals surface area contributed by atoms with Crippen LogP contribution in [-0.4, -0.2) is 15.4 Å².